The smallest absolute Gasteiger partial charge is 0.219 e. The fourth-order valence-corrected chi connectivity index (χ4v) is 2.21. The zero-order valence-electron chi connectivity index (χ0n) is 11.6. The molecule has 0 saturated carbocycles. The lowest BCUT2D eigenvalue weighted by atomic mass is 10.1. The molecule has 0 heterocycles. The first kappa shape index (κ1) is 16.6. The summed E-state index contributed by atoms with van der Waals surface area (Å²) in [6, 6.07) is 8.68. The molecule has 20 heavy (non-hydrogen) atoms. The molecule has 0 aromatic heterocycles. The maximum absolute atomic E-state index is 11.8. The molecule has 0 N–H and O–H groups in total. The van der Waals surface area contributed by atoms with Gasteiger partial charge in [0.1, 0.15) is 0 Å². The van der Waals surface area contributed by atoms with Gasteiger partial charge in [0.2, 0.25) is 16.7 Å². The summed E-state index contributed by atoms with van der Waals surface area (Å²) in [6.45, 7) is 4.22. The van der Waals surface area contributed by atoms with Crippen molar-refractivity contribution in [3.63, 3.8) is 0 Å². The van der Waals surface area contributed by atoms with E-state index in [0.29, 0.717) is 12.2 Å². The van der Waals surface area contributed by atoms with Crippen LogP contribution >= 0.6 is 11.8 Å². The third kappa shape index (κ3) is 5.27. The molecule has 0 bridgehead atoms. The molecule has 0 fully saturated rings. The van der Waals surface area contributed by atoms with E-state index >= 15 is 0 Å². The molecule has 0 radical (unpaired) electrons. The number of ketones is 2. The van der Waals surface area contributed by atoms with Crippen LogP contribution in [-0.2, 0) is 14.3 Å². The number of hydrogen-bond acceptors (Lipinski definition) is 5. The van der Waals surface area contributed by atoms with Crippen LogP contribution in [0.2, 0.25) is 0 Å². The van der Waals surface area contributed by atoms with Gasteiger partial charge in [0, 0.05) is 18.1 Å². The van der Waals surface area contributed by atoms with Crippen molar-refractivity contribution in [1.82, 2.24) is 0 Å². The van der Waals surface area contributed by atoms with E-state index in [0.717, 1.165) is 11.8 Å². The average Bonchev–Trinajstić information content (AvgIpc) is 2.49. The van der Waals surface area contributed by atoms with Crippen LogP contribution in [0, 0.1) is 5.92 Å². The maximum atomic E-state index is 11.8. The van der Waals surface area contributed by atoms with Crippen LogP contribution in [0.3, 0.4) is 0 Å². The Hall–Kier alpha value is -1.46. The Morgan fingerprint density at radius 2 is 1.85 bits per heavy atom. The summed E-state index contributed by atoms with van der Waals surface area (Å²) >= 11 is 0.857. The van der Waals surface area contributed by atoms with Gasteiger partial charge >= 0.3 is 0 Å². The summed E-state index contributed by atoms with van der Waals surface area (Å²) in [5.41, 5.74) is 0.528. The average molecular weight is 294 g/mol. The Bertz CT molecular complexity index is 470. The molecule has 0 aliphatic heterocycles. The Morgan fingerprint density at radius 3 is 2.45 bits per heavy atom. The van der Waals surface area contributed by atoms with E-state index in [1.807, 2.05) is 13.0 Å². The van der Waals surface area contributed by atoms with Gasteiger partial charge in [-0.05, 0) is 6.92 Å². The zero-order valence-corrected chi connectivity index (χ0v) is 12.4. The Kier molecular flexibility index (Phi) is 7.18. The molecule has 0 aliphatic rings. The number of hydrogen-bond donors (Lipinski definition) is 0. The SMILES string of the molecule is CCOCC(C)C(=O)C(=O)CSC(=O)c1ccccc1. The molecule has 1 aromatic rings. The van der Waals surface area contributed by atoms with Crippen LogP contribution in [0.5, 0.6) is 0 Å². The molecule has 0 spiro atoms. The van der Waals surface area contributed by atoms with Crippen molar-refractivity contribution in [3.8, 4) is 0 Å². The lowest BCUT2D eigenvalue weighted by molar-refractivity contribution is -0.138. The predicted octanol–water partition coefficient (Wildman–Crippen LogP) is 2.37. The molecule has 1 aromatic carbocycles. The van der Waals surface area contributed by atoms with E-state index in [4.69, 9.17) is 4.74 Å². The summed E-state index contributed by atoms with van der Waals surface area (Å²) < 4.78 is 5.11. The number of ether oxygens (including phenoxy) is 1. The van der Waals surface area contributed by atoms with E-state index < -0.39 is 17.5 Å². The molecular formula is C15H18O4S. The molecule has 1 rings (SSSR count). The second-order valence-electron chi connectivity index (χ2n) is 4.29. The first-order chi connectivity index (χ1) is 9.56. The number of rotatable bonds is 8. The van der Waals surface area contributed by atoms with Crippen molar-refractivity contribution in [1.29, 1.82) is 0 Å². The first-order valence-corrected chi connectivity index (χ1v) is 7.41. The van der Waals surface area contributed by atoms with Crippen LogP contribution in [0.15, 0.2) is 30.3 Å². The third-order valence-electron chi connectivity index (χ3n) is 2.64. The van der Waals surface area contributed by atoms with Crippen molar-refractivity contribution in [2.75, 3.05) is 19.0 Å². The zero-order chi connectivity index (χ0) is 15.0. The van der Waals surface area contributed by atoms with E-state index in [2.05, 4.69) is 0 Å². The van der Waals surface area contributed by atoms with E-state index in [1.54, 1.807) is 31.2 Å². The van der Waals surface area contributed by atoms with Gasteiger partial charge in [-0.2, -0.15) is 0 Å². The van der Waals surface area contributed by atoms with Crippen molar-refractivity contribution in [3.05, 3.63) is 35.9 Å². The molecule has 1 atom stereocenters. The monoisotopic (exact) mass is 294 g/mol. The van der Waals surface area contributed by atoms with E-state index in [1.165, 1.54) is 0 Å². The van der Waals surface area contributed by atoms with Gasteiger partial charge in [0.05, 0.1) is 12.4 Å². The van der Waals surface area contributed by atoms with E-state index in [9.17, 15) is 14.4 Å². The van der Waals surface area contributed by atoms with Gasteiger partial charge in [-0.1, -0.05) is 49.0 Å². The molecule has 5 heteroatoms. The predicted molar refractivity (Wildman–Crippen MR) is 78.9 cm³/mol. The highest BCUT2D eigenvalue weighted by molar-refractivity contribution is 8.14. The van der Waals surface area contributed by atoms with Crippen LogP contribution in [0.4, 0.5) is 0 Å². The Balaban J connectivity index is 2.43. The minimum absolute atomic E-state index is 0.122. The van der Waals surface area contributed by atoms with Crippen LogP contribution in [-0.4, -0.2) is 35.6 Å². The molecule has 0 aliphatic carbocycles. The fraction of sp³-hybridized carbons (Fsp3) is 0.400. The summed E-state index contributed by atoms with van der Waals surface area (Å²) in [5.74, 6) is -1.60. The highest BCUT2D eigenvalue weighted by Crippen LogP contribution is 2.13. The molecule has 0 amide bonds. The van der Waals surface area contributed by atoms with Crippen molar-refractivity contribution in [2.45, 2.75) is 13.8 Å². The minimum Gasteiger partial charge on any atom is -0.381 e. The van der Waals surface area contributed by atoms with Crippen molar-refractivity contribution < 1.29 is 19.1 Å². The summed E-state index contributed by atoms with van der Waals surface area (Å²) in [6.07, 6.45) is 0. The molecule has 4 nitrogen and oxygen atoms in total. The van der Waals surface area contributed by atoms with Gasteiger partial charge in [-0.15, -0.1) is 0 Å². The lowest BCUT2D eigenvalue weighted by Crippen LogP contribution is -2.27. The molecule has 1 unspecified atom stereocenters. The number of carbonyl (C=O) groups is 3. The van der Waals surface area contributed by atoms with Gasteiger partial charge in [0.25, 0.3) is 0 Å². The molecule has 108 valence electrons. The van der Waals surface area contributed by atoms with Crippen LogP contribution in [0.25, 0.3) is 0 Å². The Morgan fingerprint density at radius 1 is 1.20 bits per heavy atom. The van der Waals surface area contributed by atoms with Gasteiger partial charge in [-0.25, -0.2) is 0 Å². The van der Waals surface area contributed by atoms with E-state index in [-0.39, 0.29) is 17.5 Å². The fourth-order valence-electron chi connectivity index (χ4n) is 1.50. The number of thioether (sulfide) groups is 1. The topological polar surface area (TPSA) is 60.4 Å². The van der Waals surface area contributed by atoms with Crippen LogP contribution in [0.1, 0.15) is 24.2 Å². The summed E-state index contributed by atoms with van der Waals surface area (Å²) in [5, 5.41) is -0.204. The quantitative estimate of drug-likeness (QED) is 0.689. The highest BCUT2D eigenvalue weighted by Gasteiger charge is 2.22. The number of Topliss-reactive ketones (excluding diaryl/α,β-unsaturated/α-hetero) is 2. The molecular weight excluding hydrogens is 276 g/mol. The maximum Gasteiger partial charge on any atom is 0.219 e. The normalized spacial score (nSPS) is 11.9. The third-order valence-corrected chi connectivity index (χ3v) is 3.54. The first-order valence-electron chi connectivity index (χ1n) is 6.43. The van der Waals surface area contributed by atoms with Gasteiger partial charge in [-0.3, -0.25) is 14.4 Å². The molecule has 0 saturated heterocycles. The second-order valence-corrected chi connectivity index (χ2v) is 5.24. The second kappa shape index (κ2) is 8.66. The van der Waals surface area contributed by atoms with Crippen LogP contribution < -0.4 is 0 Å². The summed E-state index contributed by atoms with van der Waals surface area (Å²) in [4.78, 5) is 35.2. The Labute approximate surface area is 122 Å². The van der Waals surface area contributed by atoms with Gasteiger partial charge in [0.15, 0.2) is 0 Å². The standard InChI is InChI=1S/C15H18O4S/c1-3-19-9-11(2)14(17)13(16)10-20-15(18)12-7-5-4-6-8-12/h4-8,11H,3,9-10H2,1-2H3. The van der Waals surface area contributed by atoms with Crippen molar-refractivity contribution >= 4 is 28.4 Å². The number of benzene rings is 1. The summed E-state index contributed by atoms with van der Waals surface area (Å²) in [7, 11) is 0. The lowest BCUT2D eigenvalue weighted by Gasteiger charge is -2.08. The minimum atomic E-state index is -0.536. The number of carbonyl (C=O) groups excluding carboxylic acids is 3. The van der Waals surface area contributed by atoms with Crippen molar-refractivity contribution in [2.24, 2.45) is 5.92 Å². The largest absolute Gasteiger partial charge is 0.381 e. The highest BCUT2D eigenvalue weighted by atomic mass is 32.2. The van der Waals surface area contributed by atoms with Gasteiger partial charge < -0.3 is 4.74 Å².